The van der Waals surface area contributed by atoms with E-state index in [1.165, 1.54) is 0 Å². The van der Waals surface area contributed by atoms with Crippen LogP contribution in [0.1, 0.15) is 23.9 Å². The predicted octanol–water partition coefficient (Wildman–Crippen LogP) is 2.92. The molecule has 0 radical (unpaired) electrons. The first-order valence-electron chi connectivity index (χ1n) is 10.4. The fourth-order valence-electron chi connectivity index (χ4n) is 3.49. The number of aromatic nitrogens is 2. The zero-order valence-corrected chi connectivity index (χ0v) is 18.4. The SMILES string of the molecule is CCNC(=O)COc1ccc(-c2ccc3c(c2)OCO3)cc1CN(C)Cc1nonc1C. The van der Waals surface area contributed by atoms with Crippen LogP contribution in [0.15, 0.2) is 41.0 Å². The lowest BCUT2D eigenvalue weighted by Crippen LogP contribution is -2.28. The Morgan fingerprint density at radius 2 is 1.88 bits per heavy atom. The summed E-state index contributed by atoms with van der Waals surface area (Å²) < 4.78 is 21.6. The van der Waals surface area contributed by atoms with Gasteiger partial charge in [-0.1, -0.05) is 22.4 Å². The number of aryl methyl sites for hydroxylation is 1. The molecule has 1 aromatic heterocycles. The highest BCUT2D eigenvalue weighted by molar-refractivity contribution is 5.77. The molecule has 3 aromatic rings. The van der Waals surface area contributed by atoms with E-state index in [-0.39, 0.29) is 19.3 Å². The van der Waals surface area contributed by atoms with Crippen LogP contribution in [0.4, 0.5) is 0 Å². The van der Waals surface area contributed by atoms with E-state index in [4.69, 9.17) is 18.8 Å². The lowest BCUT2D eigenvalue weighted by Gasteiger charge is -2.19. The molecule has 2 heterocycles. The molecule has 1 aliphatic heterocycles. The Balaban J connectivity index is 1.58. The molecule has 9 heteroatoms. The van der Waals surface area contributed by atoms with E-state index in [2.05, 4.69) is 26.6 Å². The largest absolute Gasteiger partial charge is 0.483 e. The number of ether oxygens (including phenoxy) is 3. The third-order valence-corrected chi connectivity index (χ3v) is 5.11. The quantitative estimate of drug-likeness (QED) is 0.545. The van der Waals surface area contributed by atoms with Gasteiger partial charge in [0.25, 0.3) is 5.91 Å². The van der Waals surface area contributed by atoms with E-state index in [1.54, 1.807) is 0 Å². The zero-order valence-electron chi connectivity index (χ0n) is 18.4. The van der Waals surface area contributed by atoms with Crippen molar-refractivity contribution in [3.05, 3.63) is 53.3 Å². The Kier molecular flexibility index (Phi) is 6.55. The highest BCUT2D eigenvalue weighted by Crippen LogP contribution is 2.37. The average molecular weight is 438 g/mol. The highest BCUT2D eigenvalue weighted by Gasteiger charge is 2.17. The number of fused-ring (bicyclic) bond motifs is 1. The molecular weight excluding hydrogens is 412 g/mol. The van der Waals surface area contributed by atoms with E-state index in [0.717, 1.165) is 39.6 Å². The van der Waals surface area contributed by atoms with Gasteiger partial charge in [-0.25, -0.2) is 4.63 Å². The number of carbonyl (C=O) groups excluding carboxylic acids is 1. The molecule has 1 aliphatic rings. The Labute approximate surface area is 186 Å². The van der Waals surface area contributed by atoms with Crippen LogP contribution in [0, 0.1) is 6.92 Å². The van der Waals surface area contributed by atoms with Crippen LogP contribution in [0.2, 0.25) is 0 Å². The van der Waals surface area contributed by atoms with Crippen LogP contribution >= 0.6 is 0 Å². The minimum absolute atomic E-state index is 0.0414. The van der Waals surface area contributed by atoms with Crippen LogP contribution in [0.25, 0.3) is 11.1 Å². The summed E-state index contributed by atoms with van der Waals surface area (Å²) in [7, 11) is 1.98. The van der Waals surface area contributed by atoms with Crippen LogP contribution in [0.3, 0.4) is 0 Å². The van der Waals surface area contributed by atoms with Crippen molar-refractivity contribution in [3.63, 3.8) is 0 Å². The second-order valence-corrected chi connectivity index (χ2v) is 7.60. The summed E-state index contributed by atoms with van der Waals surface area (Å²) in [6, 6.07) is 11.8. The molecule has 0 unspecified atom stereocenters. The van der Waals surface area contributed by atoms with Crippen LogP contribution < -0.4 is 19.5 Å². The summed E-state index contributed by atoms with van der Waals surface area (Å²) >= 11 is 0. The van der Waals surface area contributed by atoms with E-state index in [0.29, 0.717) is 25.4 Å². The number of hydrogen-bond donors (Lipinski definition) is 1. The maximum Gasteiger partial charge on any atom is 0.257 e. The molecular formula is C23H26N4O5. The minimum atomic E-state index is -0.157. The first-order valence-corrected chi connectivity index (χ1v) is 10.4. The number of hydrogen-bond acceptors (Lipinski definition) is 8. The summed E-state index contributed by atoms with van der Waals surface area (Å²) in [5.74, 6) is 1.97. The Morgan fingerprint density at radius 3 is 2.66 bits per heavy atom. The van der Waals surface area contributed by atoms with Crippen LogP contribution in [-0.4, -0.2) is 48.1 Å². The molecule has 0 aliphatic carbocycles. The van der Waals surface area contributed by atoms with Gasteiger partial charge in [0, 0.05) is 25.2 Å². The van der Waals surface area contributed by atoms with Crippen molar-refractivity contribution in [2.45, 2.75) is 26.9 Å². The summed E-state index contributed by atoms with van der Waals surface area (Å²) in [6.07, 6.45) is 0. The van der Waals surface area contributed by atoms with E-state index >= 15 is 0 Å². The first kappa shape index (κ1) is 21.6. The summed E-state index contributed by atoms with van der Waals surface area (Å²) in [5.41, 5.74) is 4.50. The van der Waals surface area contributed by atoms with Gasteiger partial charge >= 0.3 is 0 Å². The number of rotatable bonds is 9. The maximum atomic E-state index is 11.9. The molecule has 0 atom stereocenters. The fourth-order valence-corrected chi connectivity index (χ4v) is 3.49. The molecule has 4 rings (SSSR count). The summed E-state index contributed by atoms with van der Waals surface area (Å²) in [4.78, 5) is 14.0. The van der Waals surface area contributed by atoms with Crippen molar-refractivity contribution in [2.75, 3.05) is 27.0 Å². The van der Waals surface area contributed by atoms with Crippen molar-refractivity contribution in [2.24, 2.45) is 0 Å². The predicted molar refractivity (Wildman–Crippen MR) is 116 cm³/mol. The molecule has 0 saturated heterocycles. The topological polar surface area (TPSA) is 99.0 Å². The molecule has 1 amide bonds. The standard InChI is InChI=1S/C23H26N4O5/c1-4-24-23(28)13-29-20-7-5-16(17-6-8-21-22(10-17)31-14-30-21)9-18(20)11-27(3)12-19-15(2)25-32-26-19/h5-10H,4,11-14H2,1-3H3,(H,24,28). The maximum absolute atomic E-state index is 11.9. The third kappa shape index (κ3) is 5.00. The normalized spacial score (nSPS) is 12.2. The van der Waals surface area contributed by atoms with Gasteiger partial charge in [0.15, 0.2) is 18.1 Å². The van der Waals surface area contributed by atoms with Crippen molar-refractivity contribution in [3.8, 4) is 28.4 Å². The van der Waals surface area contributed by atoms with Gasteiger partial charge in [-0.15, -0.1) is 0 Å². The number of amides is 1. The molecule has 0 spiro atoms. The van der Waals surface area contributed by atoms with Gasteiger partial charge in [0.05, 0.1) is 0 Å². The molecule has 2 aromatic carbocycles. The van der Waals surface area contributed by atoms with Gasteiger partial charge < -0.3 is 19.5 Å². The molecule has 0 bridgehead atoms. The highest BCUT2D eigenvalue weighted by atomic mass is 16.7. The van der Waals surface area contributed by atoms with Crippen LogP contribution in [0.5, 0.6) is 17.2 Å². The molecule has 9 nitrogen and oxygen atoms in total. The number of benzene rings is 2. The van der Waals surface area contributed by atoms with Gasteiger partial charge in [-0.05, 0) is 56.3 Å². The first-order chi connectivity index (χ1) is 15.5. The minimum Gasteiger partial charge on any atom is -0.483 e. The lowest BCUT2D eigenvalue weighted by molar-refractivity contribution is -0.123. The van der Waals surface area contributed by atoms with E-state index < -0.39 is 0 Å². The average Bonchev–Trinajstić information content (AvgIpc) is 3.41. The number of nitrogens with one attached hydrogen (secondary N) is 1. The molecule has 1 N–H and O–H groups in total. The summed E-state index contributed by atoms with van der Waals surface area (Å²) in [6.45, 7) is 5.64. The number of carbonyl (C=O) groups is 1. The van der Waals surface area contributed by atoms with Gasteiger partial charge in [-0.3, -0.25) is 9.69 Å². The number of likely N-dealkylation sites (N-methyl/N-ethyl adjacent to an activating group) is 1. The second kappa shape index (κ2) is 9.69. The van der Waals surface area contributed by atoms with E-state index in [9.17, 15) is 4.79 Å². The second-order valence-electron chi connectivity index (χ2n) is 7.60. The molecule has 32 heavy (non-hydrogen) atoms. The van der Waals surface area contributed by atoms with Crippen LogP contribution in [-0.2, 0) is 17.9 Å². The van der Waals surface area contributed by atoms with Gasteiger partial charge in [0.1, 0.15) is 17.1 Å². The Bertz CT molecular complexity index is 1100. The summed E-state index contributed by atoms with van der Waals surface area (Å²) in [5, 5.41) is 10.5. The van der Waals surface area contributed by atoms with Crippen molar-refractivity contribution >= 4 is 5.91 Å². The lowest BCUT2D eigenvalue weighted by atomic mass is 10.0. The molecule has 168 valence electrons. The Hall–Kier alpha value is -3.59. The Morgan fingerprint density at radius 1 is 1.09 bits per heavy atom. The van der Waals surface area contributed by atoms with Gasteiger partial charge in [0.2, 0.25) is 6.79 Å². The monoisotopic (exact) mass is 438 g/mol. The van der Waals surface area contributed by atoms with Gasteiger partial charge in [-0.2, -0.15) is 0 Å². The smallest absolute Gasteiger partial charge is 0.257 e. The molecule has 0 saturated carbocycles. The fraction of sp³-hybridized carbons (Fsp3) is 0.348. The number of nitrogens with zero attached hydrogens (tertiary/aromatic N) is 3. The van der Waals surface area contributed by atoms with Crippen molar-refractivity contribution in [1.29, 1.82) is 0 Å². The van der Waals surface area contributed by atoms with Crippen molar-refractivity contribution < 1.29 is 23.6 Å². The third-order valence-electron chi connectivity index (χ3n) is 5.11. The van der Waals surface area contributed by atoms with E-state index in [1.807, 2.05) is 51.2 Å². The zero-order chi connectivity index (χ0) is 22.5. The van der Waals surface area contributed by atoms with Crippen molar-refractivity contribution in [1.82, 2.24) is 20.5 Å². The molecule has 0 fully saturated rings.